The smallest absolute Gasteiger partial charge is 0.406 e. The highest BCUT2D eigenvalue weighted by Gasteiger charge is 2.33. The van der Waals surface area contributed by atoms with Crippen molar-refractivity contribution >= 4 is 5.91 Å². The van der Waals surface area contributed by atoms with Gasteiger partial charge < -0.3 is 14.1 Å². The predicted molar refractivity (Wildman–Crippen MR) is 77.0 cm³/mol. The summed E-state index contributed by atoms with van der Waals surface area (Å²) in [6.07, 6.45) is -3.57. The van der Waals surface area contributed by atoms with E-state index in [0.29, 0.717) is 10.5 Å². The van der Waals surface area contributed by atoms with Crippen molar-refractivity contribution < 1.29 is 35.9 Å². The van der Waals surface area contributed by atoms with E-state index in [1.165, 1.54) is 42.7 Å². The molecule has 0 N–H and O–H groups in total. The first-order valence-corrected chi connectivity index (χ1v) is 7.13. The van der Waals surface area contributed by atoms with Crippen molar-refractivity contribution in [2.24, 2.45) is 0 Å². The van der Waals surface area contributed by atoms with Crippen LogP contribution >= 0.6 is 0 Å². The van der Waals surface area contributed by atoms with Gasteiger partial charge in [-0.15, -0.1) is 0 Å². The van der Waals surface area contributed by atoms with Crippen molar-refractivity contribution in [2.45, 2.75) is 25.8 Å². The van der Waals surface area contributed by atoms with Gasteiger partial charge in [0.15, 0.2) is 0 Å². The molecule has 0 fully saturated rings. The van der Waals surface area contributed by atoms with Gasteiger partial charge in [0.1, 0.15) is 18.1 Å². The van der Waals surface area contributed by atoms with Gasteiger partial charge in [-0.3, -0.25) is 4.79 Å². The molecule has 0 radical (unpaired) electrons. The van der Waals surface area contributed by atoms with Crippen molar-refractivity contribution in [2.75, 3.05) is 6.54 Å². The maximum atomic E-state index is 12.7. The van der Waals surface area contributed by atoms with Gasteiger partial charge in [0, 0.05) is 0 Å². The summed E-state index contributed by atoms with van der Waals surface area (Å²) < 4.78 is 71.4. The monoisotopic (exact) mass is 363 g/mol. The third kappa shape index (κ3) is 6.44. The van der Waals surface area contributed by atoms with E-state index in [1.54, 1.807) is 0 Å². The van der Waals surface area contributed by atoms with Crippen LogP contribution in [0.2, 0.25) is 0 Å². The Morgan fingerprint density at radius 3 is 2.36 bits per heavy atom. The molecule has 1 heterocycles. The zero-order valence-electron chi connectivity index (χ0n) is 12.8. The van der Waals surface area contributed by atoms with Crippen LogP contribution in [0.15, 0.2) is 47.1 Å². The first-order chi connectivity index (χ1) is 11.7. The summed E-state index contributed by atoms with van der Waals surface area (Å²) in [5.41, 5.74) is 0.373. The lowest BCUT2D eigenvalue weighted by Crippen LogP contribution is -2.39. The van der Waals surface area contributed by atoms with E-state index < -0.39 is 25.2 Å². The minimum Gasteiger partial charge on any atom is -0.467 e. The second-order valence-electron chi connectivity index (χ2n) is 5.14. The Hall–Kier alpha value is -2.58. The number of halogens is 5. The van der Waals surface area contributed by atoms with Gasteiger partial charge in [-0.2, -0.15) is 22.0 Å². The molecule has 9 heteroatoms. The van der Waals surface area contributed by atoms with Gasteiger partial charge in [-0.25, -0.2) is 0 Å². The van der Waals surface area contributed by atoms with E-state index in [2.05, 4.69) is 4.74 Å². The Balaban J connectivity index is 2.05. The molecule has 2 aromatic rings. The molecule has 1 amide bonds. The molecule has 0 unspecified atom stereocenters. The zero-order chi connectivity index (χ0) is 18.4. The Morgan fingerprint density at radius 1 is 1.16 bits per heavy atom. The lowest BCUT2D eigenvalue weighted by atomic mass is 10.1. The van der Waals surface area contributed by atoms with Crippen molar-refractivity contribution in [1.29, 1.82) is 0 Å². The number of hydrogen-bond donors (Lipinski definition) is 0. The first kappa shape index (κ1) is 18.8. The molecule has 25 heavy (non-hydrogen) atoms. The second-order valence-corrected chi connectivity index (χ2v) is 5.14. The third-order valence-electron chi connectivity index (χ3n) is 3.15. The van der Waals surface area contributed by atoms with Crippen LogP contribution in [0.5, 0.6) is 5.75 Å². The van der Waals surface area contributed by atoms with Gasteiger partial charge in [-0.1, -0.05) is 12.1 Å². The zero-order valence-corrected chi connectivity index (χ0v) is 12.8. The van der Waals surface area contributed by atoms with Crippen LogP contribution in [-0.4, -0.2) is 30.1 Å². The second kappa shape index (κ2) is 8.00. The highest BCUT2D eigenvalue weighted by Crippen LogP contribution is 2.20. The maximum absolute atomic E-state index is 12.7. The number of carbonyl (C=O) groups excluding carboxylic acids is 1. The standard InChI is InChI=1S/C16H14F5NO3/c17-15(18)25-12-5-3-11(4-6-12)8-14(23)22(10-16(19,20)21)9-13-2-1-7-24-13/h1-7,15H,8-10H2. The van der Waals surface area contributed by atoms with Crippen LogP contribution < -0.4 is 4.74 Å². The SMILES string of the molecule is O=C(Cc1ccc(OC(F)F)cc1)N(Cc1ccco1)CC(F)(F)F. The predicted octanol–water partition coefficient (Wildman–Crippen LogP) is 4.01. The maximum Gasteiger partial charge on any atom is 0.406 e. The topological polar surface area (TPSA) is 42.7 Å². The van der Waals surface area contributed by atoms with E-state index in [9.17, 15) is 26.7 Å². The molecule has 0 atom stereocenters. The average Bonchev–Trinajstić information content (AvgIpc) is 2.99. The molecule has 0 bridgehead atoms. The average molecular weight is 363 g/mol. The van der Waals surface area contributed by atoms with E-state index in [-0.39, 0.29) is 24.5 Å². The number of hydrogen-bond acceptors (Lipinski definition) is 3. The van der Waals surface area contributed by atoms with E-state index in [0.717, 1.165) is 0 Å². The lowest BCUT2D eigenvalue weighted by Gasteiger charge is -2.23. The van der Waals surface area contributed by atoms with Crippen LogP contribution in [0.25, 0.3) is 0 Å². The van der Waals surface area contributed by atoms with Gasteiger partial charge in [0.2, 0.25) is 5.91 Å². The van der Waals surface area contributed by atoms with Crippen LogP contribution in [-0.2, 0) is 17.8 Å². The molecule has 136 valence electrons. The summed E-state index contributed by atoms with van der Waals surface area (Å²) in [6.45, 7) is -4.72. The number of furan rings is 1. The highest BCUT2D eigenvalue weighted by molar-refractivity contribution is 5.78. The van der Waals surface area contributed by atoms with Gasteiger partial charge in [-0.05, 0) is 29.8 Å². The number of benzene rings is 1. The van der Waals surface area contributed by atoms with Crippen molar-refractivity contribution in [1.82, 2.24) is 4.90 Å². The molecule has 0 aliphatic heterocycles. The molecule has 2 rings (SSSR count). The van der Waals surface area contributed by atoms with Gasteiger partial charge in [0.25, 0.3) is 0 Å². The molecule has 1 aromatic heterocycles. The highest BCUT2D eigenvalue weighted by atomic mass is 19.4. The van der Waals surface area contributed by atoms with Crippen LogP contribution in [0, 0.1) is 0 Å². The molecule has 0 aliphatic rings. The molecule has 0 aliphatic carbocycles. The number of rotatable bonds is 7. The van der Waals surface area contributed by atoms with Crippen molar-refractivity contribution in [3.8, 4) is 5.75 Å². The molecule has 0 spiro atoms. The summed E-state index contributed by atoms with van der Waals surface area (Å²) in [7, 11) is 0. The lowest BCUT2D eigenvalue weighted by molar-refractivity contribution is -0.162. The molecule has 4 nitrogen and oxygen atoms in total. The van der Waals surface area contributed by atoms with Crippen LogP contribution in [0.1, 0.15) is 11.3 Å². The minimum atomic E-state index is -4.56. The van der Waals surface area contributed by atoms with E-state index >= 15 is 0 Å². The number of ether oxygens (including phenoxy) is 1. The van der Waals surface area contributed by atoms with Gasteiger partial charge >= 0.3 is 12.8 Å². The van der Waals surface area contributed by atoms with E-state index in [1.807, 2.05) is 0 Å². The number of nitrogens with zero attached hydrogens (tertiary/aromatic N) is 1. The van der Waals surface area contributed by atoms with Crippen LogP contribution in [0.4, 0.5) is 22.0 Å². The minimum absolute atomic E-state index is 0.103. The summed E-state index contributed by atoms with van der Waals surface area (Å²) >= 11 is 0. The fourth-order valence-corrected chi connectivity index (χ4v) is 2.11. The Bertz CT molecular complexity index is 668. The molecule has 0 saturated heterocycles. The summed E-state index contributed by atoms with van der Waals surface area (Å²) in [5, 5.41) is 0. The fourth-order valence-electron chi connectivity index (χ4n) is 2.11. The Labute approximate surface area is 139 Å². The summed E-state index contributed by atoms with van der Waals surface area (Å²) in [4.78, 5) is 12.8. The Kier molecular flexibility index (Phi) is 6.00. The van der Waals surface area contributed by atoms with E-state index in [4.69, 9.17) is 4.42 Å². The normalized spacial score (nSPS) is 11.6. The summed E-state index contributed by atoms with van der Waals surface area (Å²) in [5.74, 6) is -0.650. The number of carbonyl (C=O) groups is 1. The molecular formula is C16H14F5NO3. The first-order valence-electron chi connectivity index (χ1n) is 7.13. The van der Waals surface area contributed by atoms with Crippen molar-refractivity contribution in [3.05, 3.63) is 54.0 Å². The summed E-state index contributed by atoms with van der Waals surface area (Å²) in [6, 6.07) is 8.09. The molecule has 0 saturated carbocycles. The fraction of sp³-hybridized carbons (Fsp3) is 0.312. The third-order valence-corrected chi connectivity index (χ3v) is 3.15. The van der Waals surface area contributed by atoms with Gasteiger partial charge in [0.05, 0.1) is 19.2 Å². The number of amides is 1. The van der Waals surface area contributed by atoms with Crippen LogP contribution in [0.3, 0.4) is 0 Å². The number of alkyl halides is 5. The molecular weight excluding hydrogens is 349 g/mol. The largest absolute Gasteiger partial charge is 0.467 e. The molecule has 1 aromatic carbocycles. The Morgan fingerprint density at radius 2 is 1.84 bits per heavy atom. The quantitative estimate of drug-likeness (QED) is 0.698. The van der Waals surface area contributed by atoms with Crippen molar-refractivity contribution in [3.63, 3.8) is 0 Å².